The number of quaternary nitrogens is 1. The van der Waals surface area contributed by atoms with Gasteiger partial charge >= 0.3 is 11.9 Å². The number of carboxylic acid groups (broad SMARTS) is 1. The van der Waals surface area contributed by atoms with E-state index in [1.165, 1.54) is 315 Å². The Kier molecular flexibility index (Phi) is 75.8. The second-order valence-electron chi connectivity index (χ2n) is 29.7. The quantitative estimate of drug-likeness (QED) is 0.0195. The zero-order valence-electron chi connectivity index (χ0n) is 65.0. The molecule has 566 valence electrons. The fraction of sp³-hybridized carbons (Fsp3) is 0.830. The molecule has 0 aromatic carbocycles. The van der Waals surface area contributed by atoms with E-state index in [4.69, 9.17) is 18.9 Å². The molecule has 0 fully saturated rings. The summed E-state index contributed by atoms with van der Waals surface area (Å²) in [4.78, 5) is 37.6. The number of hydrogen-bond donors (Lipinski definition) is 0. The molecule has 9 heteroatoms. The van der Waals surface area contributed by atoms with E-state index in [9.17, 15) is 19.5 Å². The molecule has 0 aliphatic heterocycles. The van der Waals surface area contributed by atoms with E-state index in [1.807, 2.05) is 21.1 Å². The molecule has 0 aliphatic rings. The predicted molar refractivity (Wildman–Crippen MR) is 417 cm³/mol. The minimum Gasteiger partial charge on any atom is -0.545 e. The van der Waals surface area contributed by atoms with Gasteiger partial charge in [0.05, 0.1) is 40.3 Å². The van der Waals surface area contributed by atoms with E-state index in [-0.39, 0.29) is 32.2 Å². The van der Waals surface area contributed by atoms with E-state index < -0.39 is 24.3 Å². The number of unbranched alkanes of at least 4 members (excludes halogenated alkanes) is 52. The lowest BCUT2D eigenvalue weighted by Crippen LogP contribution is -2.44. The Bertz CT molecular complexity index is 1830. The summed E-state index contributed by atoms with van der Waals surface area (Å²) in [5, 5.41) is 11.9. The van der Waals surface area contributed by atoms with Gasteiger partial charge in [0.15, 0.2) is 12.4 Å². The summed E-state index contributed by atoms with van der Waals surface area (Å²) in [6.45, 7) is 4.70. The lowest BCUT2D eigenvalue weighted by molar-refractivity contribution is -0.870. The van der Waals surface area contributed by atoms with Crippen molar-refractivity contribution in [2.45, 2.75) is 424 Å². The van der Waals surface area contributed by atoms with Gasteiger partial charge in [-0.25, -0.2) is 0 Å². The Balaban J connectivity index is 3.94. The monoisotopic (exact) mass is 1360 g/mol. The summed E-state index contributed by atoms with van der Waals surface area (Å²) in [5.41, 5.74) is 0. The van der Waals surface area contributed by atoms with Gasteiger partial charge < -0.3 is 33.3 Å². The number of hydrogen-bond acceptors (Lipinski definition) is 8. The Hall–Kier alpha value is -3.27. The summed E-state index contributed by atoms with van der Waals surface area (Å²) in [5.74, 6) is -2.26. The largest absolute Gasteiger partial charge is 0.545 e. The second kappa shape index (κ2) is 78.4. The average molecular weight is 1360 g/mol. The van der Waals surface area contributed by atoms with Crippen LogP contribution in [0.1, 0.15) is 412 Å². The molecule has 2 unspecified atom stereocenters. The highest BCUT2D eigenvalue weighted by Gasteiger charge is 2.22. The minimum atomic E-state index is -1.62. The molecule has 0 N–H and O–H groups in total. The number of carboxylic acids is 1. The highest BCUT2D eigenvalue weighted by atomic mass is 16.7. The van der Waals surface area contributed by atoms with Crippen LogP contribution in [0.2, 0.25) is 0 Å². The van der Waals surface area contributed by atoms with Gasteiger partial charge in [-0.1, -0.05) is 389 Å². The number of nitrogens with zero attached hydrogens (tertiary/aromatic N) is 1. The van der Waals surface area contributed by atoms with Gasteiger partial charge in [-0.15, -0.1) is 0 Å². The predicted octanol–water partition coefficient (Wildman–Crippen LogP) is 25.8. The first-order valence-corrected chi connectivity index (χ1v) is 42.1. The standard InChI is InChI=1S/C88H161NO8/c1-6-8-10-12-14-16-18-20-22-24-26-28-30-32-34-36-38-40-41-42-43-44-45-47-48-50-52-54-56-58-60-62-64-66-68-70-72-74-76-78-85(90)95-82-84(83-96-88(87(92)93)94-81-80-89(3,4)5)97-86(91)79-77-75-73-71-69-67-65-63-61-59-57-55-53-51-49-46-39-37-35-33-31-29-27-25-23-21-19-17-15-13-11-9-7-2/h9,11,15,17,21,23-24,26-27,29,33,35,84,88H,6-8,10,12-14,16,18-20,22,25,28,30-32,34,36-83H2,1-5H3/b11-9-,17-15-,23-21-,26-24-,29-27-,35-33-. The fourth-order valence-corrected chi connectivity index (χ4v) is 12.6. The Morgan fingerprint density at radius 2 is 0.588 bits per heavy atom. The molecule has 97 heavy (non-hydrogen) atoms. The van der Waals surface area contributed by atoms with Gasteiger partial charge in [-0.2, -0.15) is 0 Å². The number of carbonyl (C=O) groups is 3. The van der Waals surface area contributed by atoms with Crippen molar-refractivity contribution in [3.05, 3.63) is 72.9 Å². The summed E-state index contributed by atoms with van der Waals surface area (Å²) in [7, 11) is 5.95. The van der Waals surface area contributed by atoms with Gasteiger partial charge in [-0.3, -0.25) is 9.59 Å². The van der Waals surface area contributed by atoms with Crippen molar-refractivity contribution in [2.24, 2.45) is 0 Å². The SMILES string of the molecule is CC/C=C\C/C=C\C/C=C\C/C=C\C/C=C\CCCCCCCCCCCCCCCCCCCC(=O)OC(COC(=O)CCCCCCCCCCCCCCCCCCCCCCCCCCCCC/C=C\CCCCCCCCCC)COC(OCC[N+](C)(C)C)C(=O)[O-]. The molecule has 0 saturated heterocycles. The molecular formula is C88H161NO8. The Morgan fingerprint density at radius 3 is 0.887 bits per heavy atom. The molecule has 0 aromatic rings. The molecule has 0 heterocycles. The molecule has 0 saturated carbocycles. The smallest absolute Gasteiger partial charge is 0.306 e. The van der Waals surface area contributed by atoms with Gasteiger partial charge in [0.2, 0.25) is 0 Å². The first-order chi connectivity index (χ1) is 47.6. The van der Waals surface area contributed by atoms with Crippen LogP contribution in [-0.4, -0.2) is 82.3 Å². The molecule has 0 aliphatic carbocycles. The third-order valence-electron chi connectivity index (χ3n) is 18.9. The molecule has 0 amide bonds. The van der Waals surface area contributed by atoms with Gasteiger partial charge in [0.25, 0.3) is 0 Å². The normalized spacial score (nSPS) is 13.0. The zero-order chi connectivity index (χ0) is 70.4. The molecule has 0 aromatic heterocycles. The Morgan fingerprint density at radius 1 is 0.320 bits per heavy atom. The van der Waals surface area contributed by atoms with Crippen LogP contribution in [-0.2, 0) is 33.3 Å². The number of esters is 2. The van der Waals surface area contributed by atoms with Crippen molar-refractivity contribution < 1.29 is 42.9 Å². The van der Waals surface area contributed by atoms with Crippen molar-refractivity contribution in [1.82, 2.24) is 0 Å². The number of ether oxygens (including phenoxy) is 4. The topological polar surface area (TPSA) is 111 Å². The number of carbonyl (C=O) groups excluding carboxylic acids is 3. The zero-order valence-corrected chi connectivity index (χ0v) is 65.0. The van der Waals surface area contributed by atoms with Crippen LogP contribution < -0.4 is 5.11 Å². The van der Waals surface area contributed by atoms with Gasteiger partial charge in [-0.05, 0) is 83.5 Å². The molecule has 0 radical (unpaired) electrons. The minimum absolute atomic E-state index is 0.149. The lowest BCUT2D eigenvalue weighted by atomic mass is 10.0. The summed E-state index contributed by atoms with van der Waals surface area (Å²) >= 11 is 0. The van der Waals surface area contributed by atoms with Crippen molar-refractivity contribution in [3.63, 3.8) is 0 Å². The van der Waals surface area contributed by atoms with Crippen LogP contribution >= 0.6 is 0 Å². The van der Waals surface area contributed by atoms with Crippen LogP contribution in [0.25, 0.3) is 0 Å². The fourth-order valence-electron chi connectivity index (χ4n) is 12.6. The summed E-state index contributed by atoms with van der Waals surface area (Å²) < 4.78 is 22.9. The summed E-state index contributed by atoms with van der Waals surface area (Å²) in [6.07, 6.45) is 103. The molecule has 0 rings (SSSR count). The van der Waals surface area contributed by atoms with Gasteiger partial charge in [0, 0.05) is 12.8 Å². The maximum absolute atomic E-state index is 13.0. The van der Waals surface area contributed by atoms with Crippen molar-refractivity contribution >= 4 is 17.9 Å². The van der Waals surface area contributed by atoms with Crippen molar-refractivity contribution in [1.29, 1.82) is 0 Å². The van der Waals surface area contributed by atoms with E-state index in [0.29, 0.717) is 23.9 Å². The highest BCUT2D eigenvalue weighted by Crippen LogP contribution is 2.20. The molecule has 9 nitrogen and oxygen atoms in total. The second-order valence-corrected chi connectivity index (χ2v) is 29.7. The first kappa shape index (κ1) is 93.7. The number of allylic oxidation sites excluding steroid dienone is 12. The third-order valence-corrected chi connectivity index (χ3v) is 18.9. The van der Waals surface area contributed by atoms with Crippen molar-refractivity contribution in [3.8, 4) is 0 Å². The van der Waals surface area contributed by atoms with E-state index in [1.54, 1.807) is 0 Å². The van der Waals surface area contributed by atoms with Gasteiger partial charge in [0.1, 0.15) is 13.2 Å². The molecular weight excluding hydrogens is 1200 g/mol. The van der Waals surface area contributed by atoms with E-state index >= 15 is 0 Å². The van der Waals surface area contributed by atoms with E-state index in [0.717, 1.165) is 64.2 Å². The lowest BCUT2D eigenvalue weighted by Gasteiger charge is -2.26. The van der Waals surface area contributed by atoms with Crippen LogP contribution in [0.3, 0.4) is 0 Å². The van der Waals surface area contributed by atoms with E-state index in [2.05, 4.69) is 86.8 Å². The number of rotatable bonds is 79. The number of likely N-dealkylation sites (N-methyl/N-ethyl adjacent to an activating group) is 1. The summed E-state index contributed by atoms with van der Waals surface area (Å²) in [6, 6.07) is 0. The third kappa shape index (κ3) is 79.9. The molecule has 2 atom stereocenters. The highest BCUT2D eigenvalue weighted by molar-refractivity contribution is 5.70. The molecule has 0 bridgehead atoms. The maximum atomic E-state index is 13.0. The van der Waals surface area contributed by atoms with Crippen molar-refractivity contribution in [2.75, 3.05) is 47.5 Å². The maximum Gasteiger partial charge on any atom is 0.306 e. The molecule has 0 spiro atoms. The van der Waals surface area contributed by atoms with Crippen LogP contribution in [0.4, 0.5) is 0 Å². The van der Waals surface area contributed by atoms with Crippen LogP contribution in [0.5, 0.6) is 0 Å². The van der Waals surface area contributed by atoms with Crippen LogP contribution in [0, 0.1) is 0 Å². The number of aliphatic carboxylic acids is 1. The first-order valence-electron chi connectivity index (χ1n) is 42.1. The average Bonchev–Trinajstić information content (AvgIpc) is 2.59. The Labute approximate surface area is 602 Å². The van der Waals surface area contributed by atoms with Crippen LogP contribution in [0.15, 0.2) is 72.9 Å².